The van der Waals surface area contributed by atoms with Gasteiger partial charge in [-0.3, -0.25) is 4.79 Å². The lowest BCUT2D eigenvalue weighted by Gasteiger charge is -2.11. The number of benzene rings is 1. The molecule has 0 spiro atoms. The van der Waals surface area contributed by atoms with Crippen molar-refractivity contribution in [2.24, 2.45) is 0 Å². The van der Waals surface area contributed by atoms with Crippen LogP contribution in [-0.2, 0) is 4.79 Å². The molecule has 2 aromatic rings. The molecule has 5 nitrogen and oxygen atoms in total. The number of anilines is 3. The third-order valence-corrected chi connectivity index (χ3v) is 2.96. The molecule has 0 saturated heterocycles. The van der Waals surface area contributed by atoms with Crippen LogP contribution in [0, 0.1) is 11.3 Å². The second-order valence-corrected chi connectivity index (χ2v) is 4.83. The zero-order valence-corrected chi connectivity index (χ0v) is 12.0. The molecule has 0 aliphatic carbocycles. The number of nitrogens with zero attached hydrogens (tertiary/aromatic N) is 2. The van der Waals surface area contributed by atoms with E-state index in [0.717, 1.165) is 10.2 Å². The number of nitriles is 1. The number of carbonyl (C=O) groups excluding carboxylic acids is 1. The molecule has 0 radical (unpaired) electrons. The fourth-order valence-corrected chi connectivity index (χ4v) is 1.81. The summed E-state index contributed by atoms with van der Waals surface area (Å²) in [5.74, 6) is 0.167. The van der Waals surface area contributed by atoms with Crippen molar-refractivity contribution >= 4 is 39.0 Å². The van der Waals surface area contributed by atoms with E-state index in [9.17, 15) is 4.79 Å². The highest BCUT2D eigenvalue weighted by atomic mass is 79.9. The van der Waals surface area contributed by atoms with Gasteiger partial charge in [0.2, 0.25) is 5.91 Å². The number of nitrogens with one attached hydrogen (secondary N) is 2. The number of halogens is 1. The number of carbonyl (C=O) groups is 1. The van der Waals surface area contributed by atoms with E-state index in [-0.39, 0.29) is 12.3 Å². The summed E-state index contributed by atoms with van der Waals surface area (Å²) in [4.78, 5) is 15.7. The van der Waals surface area contributed by atoms with Crippen molar-refractivity contribution in [1.29, 1.82) is 5.26 Å². The number of hydrogen-bond acceptors (Lipinski definition) is 4. The molecule has 2 N–H and O–H groups in total. The van der Waals surface area contributed by atoms with Gasteiger partial charge >= 0.3 is 0 Å². The number of hydrogen-bond donors (Lipinski definition) is 2. The number of aromatic nitrogens is 1. The summed E-state index contributed by atoms with van der Waals surface area (Å²) >= 11 is 3.36. The van der Waals surface area contributed by atoms with Gasteiger partial charge in [-0.05, 0) is 36.4 Å². The molecule has 0 aliphatic rings. The number of pyridine rings is 1. The molecule has 1 amide bonds. The Morgan fingerprint density at radius 3 is 2.75 bits per heavy atom. The average molecular weight is 331 g/mol. The molecule has 20 heavy (non-hydrogen) atoms. The standard InChI is InChI=1S/C14H11BrN4O/c15-10-3-5-11(6-4-10)18-14-12(2-1-9-17-14)19-13(20)7-8-16/h1-6,9H,7H2,(H,17,18)(H,19,20). The zero-order chi connectivity index (χ0) is 14.4. The zero-order valence-electron chi connectivity index (χ0n) is 10.4. The van der Waals surface area contributed by atoms with E-state index in [4.69, 9.17) is 5.26 Å². The quantitative estimate of drug-likeness (QED) is 0.900. The van der Waals surface area contributed by atoms with Crippen LogP contribution in [0.25, 0.3) is 0 Å². The first-order valence-corrected chi connectivity index (χ1v) is 6.63. The van der Waals surface area contributed by atoms with Crippen molar-refractivity contribution in [3.05, 3.63) is 47.1 Å². The molecule has 0 aliphatic heterocycles. The summed E-state index contributed by atoms with van der Waals surface area (Å²) in [6.45, 7) is 0. The van der Waals surface area contributed by atoms with E-state index in [1.54, 1.807) is 24.4 Å². The number of amides is 1. The third kappa shape index (κ3) is 3.80. The summed E-state index contributed by atoms with van der Waals surface area (Å²) < 4.78 is 0.978. The van der Waals surface area contributed by atoms with Crippen LogP contribution in [0.5, 0.6) is 0 Å². The Morgan fingerprint density at radius 2 is 2.05 bits per heavy atom. The first-order valence-electron chi connectivity index (χ1n) is 5.83. The molecular formula is C14H11BrN4O. The summed E-state index contributed by atoms with van der Waals surface area (Å²) in [5.41, 5.74) is 1.39. The van der Waals surface area contributed by atoms with Gasteiger partial charge in [0, 0.05) is 16.4 Å². The third-order valence-electron chi connectivity index (χ3n) is 2.43. The van der Waals surface area contributed by atoms with Gasteiger partial charge in [-0.2, -0.15) is 5.26 Å². The molecule has 0 unspecified atom stereocenters. The fraction of sp³-hybridized carbons (Fsp3) is 0.0714. The molecule has 0 bridgehead atoms. The fourth-order valence-electron chi connectivity index (χ4n) is 1.54. The lowest BCUT2D eigenvalue weighted by atomic mass is 10.3. The van der Waals surface area contributed by atoms with Gasteiger partial charge in [0.1, 0.15) is 6.42 Å². The maximum Gasteiger partial charge on any atom is 0.238 e. The Balaban J connectivity index is 2.17. The monoisotopic (exact) mass is 330 g/mol. The summed E-state index contributed by atoms with van der Waals surface area (Å²) in [6, 6.07) is 12.8. The van der Waals surface area contributed by atoms with E-state index in [2.05, 4.69) is 31.5 Å². The Morgan fingerprint density at radius 1 is 1.30 bits per heavy atom. The highest BCUT2D eigenvalue weighted by Gasteiger charge is 2.07. The first-order chi connectivity index (χ1) is 9.69. The lowest BCUT2D eigenvalue weighted by Crippen LogP contribution is -2.12. The SMILES string of the molecule is N#CCC(=O)Nc1cccnc1Nc1ccc(Br)cc1. The van der Waals surface area contributed by atoms with Crippen molar-refractivity contribution < 1.29 is 4.79 Å². The average Bonchev–Trinajstić information content (AvgIpc) is 2.44. The maximum atomic E-state index is 11.5. The van der Waals surface area contributed by atoms with Crippen molar-refractivity contribution in [2.45, 2.75) is 6.42 Å². The minimum Gasteiger partial charge on any atom is -0.338 e. The molecule has 1 aromatic heterocycles. The van der Waals surface area contributed by atoms with E-state index < -0.39 is 0 Å². The number of rotatable bonds is 4. The molecule has 100 valence electrons. The van der Waals surface area contributed by atoms with Gasteiger partial charge in [-0.1, -0.05) is 15.9 Å². The van der Waals surface area contributed by atoms with Crippen LogP contribution in [0.4, 0.5) is 17.2 Å². The summed E-state index contributed by atoms with van der Waals surface area (Å²) in [7, 11) is 0. The van der Waals surface area contributed by atoms with Crippen molar-refractivity contribution in [2.75, 3.05) is 10.6 Å². The Bertz CT molecular complexity index is 649. The highest BCUT2D eigenvalue weighted by Crippen LogP contribution is 2.23. The Kier molecular flexibility index (Phi) is 4.69. The van der Waals surface area contributed by atoms with Crippen LogP contribution in [-0.4, -0.2) is 10.9 Å². The largest absolute Gasteiger partial charge is 0.338 e. The van der Waals surface area contributed by atoms with E-state index >= 15 is 0 Å². The second-order valence-electron chi connectivity index (χ2n) is 3.91. The van der Waals surface area contributed by atoms with Crippen LogP contribution in [0.1, 0.15) is 6.42 Å². The second kappa shape index (κ2) is 6.68. The van der Waals surface area contributed by atoms with E-state index in [0.29, 0.717) is 11.5 Å². The predicted molar refractivity (Wildman–Crippen MR) is 80.5 cm³/mol. The smallest absolute Gasteiger partial charge is 0.238 e. The van der Waals surface area contributed by atoms with Crippen LogP contribution >= 0.6 is 15.9 Å². The minimum absolute atomic E-state index is 0.188. The Hall–Kier alpha value is -2.39. The van der Waals surface area contributed by atoms with Gasteiger partial charge in [0.25, 0.3) is 0 Å². The van der Waals surface area contributed by atoms with Crippen molar-refractivity contribution in [1.82, 2.24) is 4.98 Å². The topological polar surface area (TPSA) is 77.8 Å². The van der Waals surface area contributed by atoms with Crippen molar-refractivity contribution in [3.63, 3.8) is 0 Å². The normalized spacial score (nSPS) is 9.60. The van der Waals surface area contributed by atoms with Gasteiger partial charge in [0.05, 0.1) is 11.8 Å². The van der Waals surface area contributed by atoms with Crippen LogP contribution in [0.2, 0.25) is 0 Å². The van der Waals surface area contributed by atoms with Crippen LogP contribution < -0.4 is 10.6 Å². The van der Waals surface area contributed by atoms with Gasteiger partial charge < -0.3 is 10.6 Å². The molecule has 2 rings (SSSR count). The Labute approximate surface area is 124 Å². The van der Waals surface area contributed by atoms with Gasteiger partial charge in [-0.25, -0.2) is 4.98 Å². The summed E-state index contributed by atoms with van der Waals surface area (Å²) in [6.07, 6.45) is 1.44. The van der Waals surface area contributed by atoms with Crippen LogP contribution in [0.3, 0.4) is 0 Å². The first kappa shape index (κ1) is 14.0. The van der Waals surface area contributed by atoms with Crippen LogP contribution in [0.15, 0.2) is 47.1 Å². The minimum atomic E-state index is -0.362. The molecule has 1 aromatic carbocycles. The van der Waals surface area contributed by atoms with Crippen molar-refractivity contribution in [3.8, 4) is 6.07 Å². The van der Waals surface area contributed by atoms with Gasteiger partial charge in [-0.15, -0.1) is 0 Å². The molecule has 1 heterocycles. The lowest BCUT2D eigenvalue weighted by molar-refractivity contribution is -0.115. The van der Waals surface area contributed by atoms with Gasteiger partial charge in [0.15, 0.2) is 5.82 Å². The molecule has 0 saturated carbocycles. The predicted octanol–water partition coefficient (Wildman–Crippen LogP) is 3.44. The highest BCUT2D eigenvalue weighted by molar-refractivity contribution is 9.10. The maximum absolute atomic E-state index is 11.5. The van der Waals surface area contributed by atoms with E-state index in [1.807, 2.05) is 24.3 Å². The molecule has 0 atom stereocenters. The molecule has 6 heteroatoms. The summed E-state index contributed by atoms with van der Waals surface area (Å²) in [5, 5.41) is 14.3. The molecule has 0 fully saturated rings. The van der Waals surface area contributed by atoms with E-state index in [1.165, 1.54) is 0 Å². The molecular weight excluding hydrogens is 320 g/mol.